The van der Waals surface area contributed by atoms with Gasteiger partial charge in [0.25, 0.3) is 0 Å². The summed E-state index contributed by atoms with van der Waals surface area (Å²) in [6.45, 7) is 11.1. The van der Waals surface area contributed by atoms with Gasteiger partial charge in [-0.1, -0.05) is 24.6 Å². The zero-order chi connectivity index (χ0) is 24.4. The van der Waals surface area contributed by atoms with Crippen LogP contribution in [0, 0.1) is 22.7 Å². The molecule has 0 amide bonds. The van der Waals surface area contributed by atoms with E-state index in [0.29, 0.717) is 31.3 Å². The zero-order valence-corrected chi connectivity index (χ0v) is 21.5. The Balaban J connectivity index is 1.77. The van der Waals surface area contributed by atoms with Crippen molar-refractivity contribution in [3.63, 3.8) is 0 Å². The summed E-state index contributed by atoms with van der Waals surface area (Å²) in [5.74, 6) is -1.15. The number of alkyl halides is 1. The van der Waals surface area contributed by atoms with Gasteiger partial charge >= 0.3 is 5.97 Å². The number of ether oxygens (including phenoxy) is 1. The highest BCUT2D eigenvalue weighted by atomic mass is 28.4. The van der Waals surface area contributed by atoms with Gasteiger partial charge in [0.15, 0.2) is 32.2 Å². The van der Waals surface area contributed by atoms with Crippen molar-refractivity contribution in [3.05, 3.63) is 35.5 Å². The number of rotatable bonds is 5. The molecule has 0 N–H and O–H groups in total. The molecule has 0 aliphatic heterocycles. The molecular formula is C26H35FO5Si. The number of allylic oxidation sites excluding steroid dienone is 5. The molecule has 6 atom stereocenters. The fourth-order valence-electron chi connectivity index (χ4n) is 6.98. The molecule has 5 nitrogen and oxygen atoms in total. The van der Waals surface area contributed by atoms with Gasteiger partial charge in [0, 0.05) is 29.2 Å². The molecule has 0 spiro atoms. The third kappa shape index (κ3) is 3.72. The minimum atomic E-state index is -2.15. The van der Waals surface area contributed by atoms with E-state index < -0.39 is 36.9 Å². The molecule has 0 saturated heterocycles. The maximum atomic E-state index is 17.8. The van der Waals surface area contributed by atoms with Crippen LogP contribution in [0.4, 0.5) is 4.39 Å². The molecule has 4 aliphatic carbocycles. The number of carbonyl (C=O) groups is 3. The number of carbonyl (C=O) groups excluding carboxylic acids is 3. The SMILES string of the molecule is CC(=O)OCC(=O)C1=CC[C@H]2[C@@H]3CCC4=CC(=O)C=C[C@]4(C)C3(F)[C@@H](O[Si](C)(C)C)C[C@]12C. The van der Waals surface area contributed by atoms with Crippen molar-refractivity contribution in [2.75, 3.05) is 6.61 Å². The smallest absolute Gasteiger partial charge is 0.303 e. The first-order valence-corrected chi connectivity index (χ1v) is 15.3. The van der Waals surface area contributed by atoms with Crippen LogP contribution in [-0.4, -0.2) is 44.2 Å². The fourth-order valence-corrected chi connectivity index (χ4v) is 8.09. The van der Waals surface area contributed by atoms with Crippen LogP contribution in [0.15, 0.2) is 35.5 Å². The monoisotopic (exact) mass is 474 g/mol. The molecule has 7 heteroatoms. The van der Waals surface area contributed by atoms with E-state index >= 15 is 4.39 Å². The average molecular weight is 475 g/mol. The summed E-state index contributed by atoms with van der Waals surface area (Å²) >= 11 is 0. The summed E-state index contributed by atoms with van der Waals surface area (Å²) in [7, 11) is -2.15. The van der Waals surface area contributed by atoms with Gasteiger partial charge in [0.1, 0.15) is 0 Å². The maximum absolute atomic E-state index is 17.8. The molecule has 0 aromatic heterocycles. The molecule has 4 aliphatic rings. The van der Waals surface area contributed by atoms with Crippen molar-refractivity contribution in [2.45, 2.75) is 77.9 Å². The molecule has 1 unspecified atom stereocenters. The lowest BCUT2D eigenvalue weighted by atomic mass is 9.45. The highest BCUT2D eigenvalue weighted by molar-refractivity contribution is 6.69. The molecule has 33 heavy (non-hydrogen) atoms. The lowest BCUT2D eigenvalue weighted by Gasteiger charge is -2.63. The normalized spacial score (nSPS) is 39.7. The first kappa shape index (κ1) is 24.3. The van der Waals surface area contributed by atoms with E-state index in [1.54, 1.807) is 12.2 Å². The number of hydrogen-bond donors (Lipinski definition) is 0. The van der Waals surface area contributed by atoms with Crippen molar-refractivity contribution < 1.29 is 27.9 Å². The van der Waals surface area contributed by atoms with Crippen LogP contribution < -0.4 is 0 Å². The van der Waals surface area contributed by atoms with Crippen molar-refractivity contribution in [3.8, 4) is 0 Å². The highest BCUT2D eigenvalue weighted by Crippen LogP contribution is 2.68. The lowest BCUT2D eigenvalue weighted by molar-refractivity contribution is -0.179. The summed E-state index contributed by atoms with van der Waals surface area (Å²) in [5.41, 5.74) is -1.66. The Morgan fingerprint density at radius 1 is 1.21 bits per heavy atom. The van der Waals surface area contributed by atoms with Crippen molar-refractivity contribution in [1.82, 2.24) is 0 Å². The molecular weight excluding hydrogens is 439 g/mol. The number of hydrogen-bond acceptors (Lipinski definition) is 5. The number of fused-ring (bicyclic) bond motifs is 5. The molecule has 0 bridgehead atoms. The Morgan fingerprint density at radius 2 is 1.91 bits per heavy atom. The number of halogens is 1. The van der Waals surface area contributed by atoms with Crippen LogP contribution in [0.2, 0.25) is 19.6 Å². The standard InChI is InChI=1S/C26H35FO5Si/c1-16(28)31-15-22(30)21-10-9-19-20-8-7-17-13-18(29)11-12-25(17,3)26(20,27)23(14-24(19,21)2)32-33(4,5)6/h10-13,19-20,23H,7-9,14-15H2,1-6H3/t19-,20-,23-,24-,25-,26?/m0/s1. The fraction of sp³-hybridized carbons (Fsp3) is 0.654. The topological polar surface area (TPSA) is 69.7 Å². The molecule has 2 saturated carbocycles. The minimum Gasteiger partial charge on any atom is -0.457 e. The summed E-state index contributed by atoms with van der Waals surface area (Å²) in [4.78, 5) is 36.4. The second-order valence-electron chi connectivity index (χ2n) is 11.5. The van der Waals surface area contributed by atoms with Gasteiger partial charge < -0.3 is 9.16 Å². The highest BCUT2D eigenvalue weighted by Gasteiger charge is 2.70. The molecule has 180 valence electrons. The Bertz CT molecular complexity index is 991. The van der Waals surface area contributed by atoms with Gasteiger partial charge in [-0.25, -0.2) is 4.39 Å². The van der Waals surface area contributed by atoms with E-state index in [-0.39, 0.29) is 30.0 Å². The van der Waals surface area contributed by atoms with Gasteiger partial charge in [-0.15, -0.1) is 0 Å². The quantitative estimate of drug-likeness (QED) is 0.419. The van der Waals surface area contributed by atoms with Crippen molar-refractivity contribution in [2.24, 2.45) is 22.7 Å². The molecule has 2 fully saturated rings. The molecule has 0 aromatic rings. The van der Waals surface area contributed by atoms with Crippen LogP contribution in [0.5, 0.6) is 0 Å². The molecule has 0 heterocycles. The predicted octanol–water partition coefficient (Wildman–Crippen LogP) is 4.88. The van der Waals surface area contributed by atoms with Gasteiger partial charge in [-0.05, 0) is 70.3 Å². The molecule has 4 rings (SSSR count). The third-order valence-corrected chi connectivity index (χ3v) is 9.39. The Labute approximate surface area is 196 Å². The third-order valence-electron chi connectivity index (χ3n) is 8.40. The van der Waals surface area contributed by atoms with Gasteiger partial charge in [0.2, 0.25) is 0 Å². The average Bonchev–Trinajstić information content (AvgIpc) is 3.03. The molecule has 0 aromatic carbocycles. The second kappa shape index (κ2) is 7.84. The zero-order valence-electron chi connectivity index (χ0n) is 20.5. The van der Waals surface area contributed by atoms with E-state index in [1.807, 2.05) is 13.0 Å². The van der Waals surface area contributed by atoms with E-state index in [4.69, 9.17) is 9.16 Å². The first-order chi connectivity index (χ1) is 15.2. The van der Waals surface area contributed by atoms with Crippen LogP contribution >= 0.6 is 0 Å². The van der Waals surface area contributed by atoms with E-state index in [9.17, 15) is 14.4 Å². The number of esters is 1. The lowest BCUT2D eigenvalue weighted by Crippen LogP contribution is -2.68. The van der Waals surface area contributed by atoms with Crippen LogP contribution in [0.1, 0.15) is 46.5 Å². The summed E-state index contributed by atoms with van der Waals surface area (Å²) in [6, 6.07) is 0. The molecule has 0 radical (unpaired) electrons. The Hall–Kier alpha value is -1.86. The van der Waals surface area contributed by atoms with Crippen LogP contribution in [0.3, 0.4) is 0 Å². The Kier molecular flexibility index (Phi) is 5.76. The summed E-state index contributed by atoms with van der Waals surface area (Å²) in [5, 5.41) is 0. The van der Waals surface area contributed by atoms with Crippen molar-refractivity contribution in [1.29, 1.82) is 0 Å². The van der Waals surface area contributed by atoms with E-state index in [2.05, 4.69) is 26.6 Å². The second-order valence-corrected chi connectivity index (χ2v) is 16.0. The summed E-state index contributed by atoms with van der Waals surface area (Å²) in [6.07, 6.45) is 8.37. The van der Waals surface area contributed by atoms with Gasteiger partial charge in [-0.2, -0.15) is 0 Å². The van der Waals surface area contributed by atoms with Crippen LogP contribution in [-0.2, 0) is 23.5 Å². The predicted molar refractivity (Wildman–Crippen MR) is 126 cm³/mol. The summed E-state index contributed by atoms with van der Waals surface area (Å²) < 4.78 is 29.3. The van der Waals surface area contributed by atoms with Gasteiger partial charge in [-0.3, -0.25) is 14.4 Å². The Morgan fingerprint density at radius 3 is 2.55 bits per heavy atom. The van der Waals surface area contributed by atoms with Crippen molar-refractivity contribution >= 4 is 25.9 Å². The van der Waals surface area contributed by atoms with E-state index in [0.717, 1.165) is 5.57 Å². The van der Waals surface area contributed by atoms with Gasteiger partial charge in [0.05, 0.1) is 6.10 Å². The maximum Gasteiger partial charge on any atom is 0.303 e. The largest absolute Gasteiger partial charge is 0.457 e. The first-order valence-electron chi connectivity index (χ1n) is 11.9. The number of Topliss-reactive ketones (excluding diaryl/α,β-unsaturated/α-hetero) is 1. The minimum absolute atomic E-state index is 0.0512. The van der Waals surface area contributed by atoms with E-state index in [1.165, 1.54) is 13.0 Å². The number of ketones is 2. The van der Waals surface area contributed by atoms with Crippen LogP contribution in [0.25, 0.3) is 0 Å².